The third kappa shape index (κ3) is 3.98. The van der Waals surface area contributed by atoms with Crippen molar-refractivity contribution in [1.82, 2.24) is 18.9 Å². The predicted molar refractivity (Wildman–Crippen MR) is 143 cm³/mol. The van der Waals surface area contributed by atoms with E-state index in [0.29, 0.717) is 6.42 Å². The average Bonchev–Trinajstić information content (AvgIpc) is 3.52. The van der Waals surface area contributed by atoms with Gasteiger partial charge in [-0.1, -0.05) is 12.1 Å². The Bertz CT molecular complexity index is 1530. The molecule has 0 amide bonds. The Balaban J connectivity index is 1.37. The molecular weight excluding hydrogens is 452 g/mol. The fraction of sp³-hybridized carbons (Fsp3) is 0.286. The minimum Gasteiger partial charge on any atom is -0.396 e. The molecule has 0 aliphatic carbocycles. The highest BCUT2D eigenvalue weighted by Crippen LogP contribution is 2.34. The van der Waals surface area contributed by atoms with Gasteiger partial charge in [-0.05, 0) is 48.7 Å². The summed E-state index contributed by atoms with van der Waals surface area (Å²) in [5.41, 5.74) is 8.56. The summed E-state index contributed by atoms with van der Waals surface area (Å²) >= 11 is 0. The van der Waals surface area contributed by atoms with E-state index in [9.17, 15) is 5.11 Å². The second-order valence-corrected chi connectivity index (χ2v) is 9.27. The number of rotatable bonds is 6. The molecule has 8 heteroatoms. The molecule has 0 radical (unpaired) electrons. The normalized spacial score (nSPS) is 14.1. The van der Waals surface area contributed by atoms with E-state index in [1.54, 1.807) is 0 Å². The minimum absolute atomic E-state index is 0.147. The number of imidazole rings is 1. The fourth-order valence-electron chi connectivity index (χ4n) is 5.16. The van der Waals surface area contributed by atoms with E-state index in [1.165, 1.54) is 5.39 Å². The van der Waals surface area contributed by atoms with Crippen LogP contribution in [0.15, 0.2) is 61.2 Å². The molecular formula is C28H30N6O2. The zero-order valence-electron chi connectivity index (χ0n) is 20.6. The van der Waals surface area contributed by atoms with Gasteiger partial charge in [-0.3, -0.25) is 0 Å². The molecule has 184 valence electrons. The van der Waals surface area contributed by atoms with Crippen LogP contribution < -0.4 is 10.2 Å². The topological polar surface area (TPSA) is 79.8 Å². The van der Waals surface area contributed by atoms with Gasteiger partial charge < -0.3 is 29.0 Å². The highest BCUT2D eigenvalue weighted by molar-refractivity contribution is 5.90. The molecule has 4 aromatic heterocycles. The Morgan fingerprint density at radius 2 is 1.94 bits per heavy atom. The van der Waals surface area contributed by atoms with Crippen molar-refractivity contribution in [3.63, 3.8) is 0 Å². The van der Waals surface area contributed by atoms with Crippen LogP contribution in [0.2, 0.25) is 0 Å². The maximum atomic E-state index is 9.43. The van der Waals surface area contributed by atoms with E-state index in [-0.39, 0.29) is 6.61 Å². The summed E-state index contributed by atoms with van der Waals surface area (Å²) in [6.07, 6.45) is 8.50. The van der Waals surface area contributed by atoms with Gasteiger partial charge in [0.15, 0.2) is 5.65 Å². The molecule has 0 unspecified atom stereocenters. The summed E-state index contributed by atoms with van der Waals surface area (Å²) in [7, 11) is 2.05. The molecule has 5 heterocycles. The number of ether oxygens (including phenoxy) is 1. The molecule has 1 aromatic carbocycles. The SMILES string of the molecule is Cc1c(-c2ccc3c(CCO)cn(C)c3c2)cc(Nc2ccc(N3CCOCC3)cn2)c2nccn12. The number of fused-ring (bicyclic) bond motifs is 2. The number of aryl methyl sites for hydroxylation is 2. The van der Waals surface area contributed by atoms with E-state index < -0.39 is 0 Å². The first kappa shape index (κ1) is 22.6. The molecule has 0 bridgehead atoms. The lowest BCUT2D eigenvalue weighted by Gasteiger charge is -2.28. The van der Waals surface area contributed by atoms with Crippen molar-refractivity contribution in [3.8, 4) is 11.1 Å². The van der Waals surface area contributed by atoms with Crippen LogP contribution >= 0.6 is 0 Å². The molecule has 0 atom stereocenters. The number of pyridine rings is 2. The van der Waals surface area contributed by atoms with Crippen molar-refractivity contribution in [2.75, 3.05) is 43.1 Å². The quantitative estimate of drug-likeness (QED) is 0.375. The van der Waals surface area contributed by atoms with Crippen LogP contribution in [-0.4, -0.2) is 57.0 Å². The van der Waals surface area contributed by atoms with Gasteiger partial charge in [0.1, 0.15) is 5.82 Å². The van der Waals surface area contributed by atoms with Crippen LogP contribution in [0.3, 0.4) is 0 Å². The Kier molecular flexibility index (Phi) is 5.83. The van der Waals surface area contributed by atoms with Gasteiger partial charge in [-0.25, -0.2) is 9.97 Å². The maximum absolute atomic E-state index is 9.43. The summed E-state index contributed by atoms with van der Waals surface area (Å²) in [5, 5.41) is 14.1. The Morgan fingerprint density at radius 3 is 2.72 bits per heavy atom. The average molecular weight is 483 g/mol. The van der Waals surface area contributed by atoms with Gasteiger partial charge in [-0.2, -0.15) is 0 Å². The summed E-state index contributed by atoms with van der Waals surface area (Å²) < 4.78 is 9.71. The van der Waals surface area contributed by atoms with Gasteiger partial charge in [0.05, 0.1) is 30.8 Å². The Hall–Kier alpha value is -3.88. The molecule has 6 rings (SSSR count). The molecule has 2 N–H and O–H groups in total. The molecule has 1 aliphatic heterocycles. The van der Waals surface area contributed by atoms with Gasteiger partial charge in [0.2, 0.25) is 0 Å². The summed E-state index contributed by atoms with van der Waals surface area (Å²) in [6, 6.07) is 12.8. The van der Waals surface area contributed by atoms with Crippen molar-refractivity contribution in [2.24, 2.45) is 7.05 Å². The zero-order chi connectivity index (χ0) is 24.6. The number of benzene rings is 1. The van der Waals surface area contributed by atoms with Gasteiger partial charge in [0, 0.05) is 67.5 Å². The number of anilines is 3. The van der Waals surface area contributed by atoms with Gasteiger partial charge in [-0.15, -0.1) is 0 Å². The lowest BCUT2D eigenvalue weighted by molar-refractivity contribution is 0.122. The standard InChI is InChI=1S/C28H30N6O2/c1-19-24(20-3-5-23-21(7-12-35)18-32(2)26(23)15-20)16-25(28-29-8-9-34(19)28)31-27-6-4-22(17-30-27)33-10-13-36-14-11-33/h3-6,8-9,15-18,35H,7,10-14H2,1-2H3,(H,30,31). The molecule has 8 nitrogen and oxygen atoms in total. The first-order chi connectivity index (χ1) is 17.6. The zero-order valence-corrected chi connectivity index (χ0v) is 20.6. The van der Waals surface area contributed by atoms with E-state index in [0.717, 1.165) is 77.0 Å². The number of nitrogens with one attached hydrogen (secondary N) is 1. The van der Waals surface area contributed by atoms with Crippen molar-refractivity contribution in [3.05, 3.63) is 72.4 Å². The fourth-order valence-corrected chi connectivity index (χ4v) is 5.16. The Morgan fingerprint density at radius 1 is 1.08 bits per heavy atom. The molecule has 0 saturated carbocycles. The number of morpholine rings is 1. The van der Waals surface area contributed by atoms with Crippen LogP contribution in [0.5, 0.6) is 0 Å². The van der Waals surface area contributed by atoms with Crippen LogP contribution in [0, 0.1) is 6.92 Å². The number of aliphatic hydroxyl groups excluding tert-OH is 1. The van der Waals surface area contributed by atoms with E-state index in [1.807, 2.05) is 24.7 Å². The molecule has 36 heavy (non-hydrogen) atoms. The van der Waals surface area contributed by atoms with Crippen molar-refractivity contribution < 1.29 is 9.84 Å². The van der Waals surface area contributed by atoms with Crippen LogP contribution in [0.1, 0.15) is 11.3 Å². The van der Waals surface area contributed by atoms with Crippen LogP contribution in [-0.2, 0) is 18.2 Å². The number of hydrogen-bond acceptors (Lipinski definition) is 6. The van der Waals surface area contributed by atoms with Crippen molar-refractivity contribution in [1.29, 1.82) is 0 Å². The first-order valence-electron chi connectivity index (χ1n) is 12.3. The van der Waals surface area contributed by atoms with E-state index >= 15 is 0 Å². The van der Waals surface area contributed by atoms with E-state index in [4.69, 9.17) is 4.74 Å². The highest BCUT2D eigenvalue weighted by Gasteiger charge is 2.16. The third-order valence-electron chi connectivity index (χ3n) is 7.07. The summed E-state index contributed by atoms with van der Waals surface area (Å²) in [6.45, 7) is 5.54. The third-order valence-corrected chi connectivity index (χ3v) is 7.07. The lowest BCUT2D eigenvalue weighted by atomic mass is 10.0. The minimum atomic E-state index is 0.147. The van der Waals surface area contributed by atoms with Crippen molar-refractivity contribution in [2.45, 2.75) is 13.3 Å². The predicted octanol–water partition coefficient (Wildman–Crippen LogP) is 4.31. The second kappa shape index (κ2) is 9.29. The number of aliphatic hydroxyl groups is 1. The molecule has 1 aliphatic rings. The Labute approximate surface area is 209 Å². The summed E-state index contributed by atoms with van der Waals surface area (Å²) in [5.74, 6) is 0.776. The largest absolute Gasteiger partial charge is 0.396 e. The van der Waals surface area contributed by atoms with Crippen LogP contribution in [0.25, 0.3) is 27.7 Å². The smallest absolute Gasteiger partial charge is 0.160 e. The van der Waals surface area contributed by atoms with E-state index in [2.05, 4.69) is 79.7 Å². The second-order valence-electron chi connectivity index (χ2n) is 9.27. The van der Waals surface area contributed by atoms with Gasteiger partial charge >= 0.3 is 0 Å². The summed E-state index contributed by atoms with van der Waals surface area (Å²) in [4.78, 5) is 11.6. The lowest BCUT2D eigenvalue weighted by Crippen LogP contribution is -2.36. The first-order valence-corrected chi connectivity index (χ1v) is 12.3. The monoisotopic (exact) mass is 482 g/mol. The van der Waals surface area contributed by atoms with Crippen molar-refractivity contribution >= 4 is 33.7 Å². The highest BCUT2D eigenvalue weighted by atomic mass is 16.5. The maximum Gasteiger partial charge on any atom is 0.160 e. The number of nitrogens with zero attached hydrogens (tertiary/aromatic N) is 5. The number of aromatic nitrogens is 4. The molecule has 0 spiro atoms. The van der Waals surface area contributed by atoms with Gasteiger partial charge in [0.25, 0.3) is 0 Å². The molecule has 1 fully saturated rings. The molecule has 5 aromatic rings. The molecule has 1 saturated heterocycles. The van der Waals surface area contributed by atoms with Crippen LogP contribution in [0.4, 0.5) is 17.2 Å². The number of hydrogen-bond donors (Lipinski definition) is 2.